The number of nitrogens with zero attached hydrogens (tertiary/aromatic N) is 2. The average Bonchev–Trinajstić information content (AvgIpc) is 2.36. The molecule has 9 nitrogen and oxygen atoms in total. The Morgan fingerprint density at radius 3 is 2.65 bits per heavy atom. The van der Waals surface area contributed by atoms with Gasteiger partial charge in [-0.1, -0.05) is 12.1 Å². The summed E-state index contributed by atoms with van der Waals surface area (Å²) >= 11 is 0. The first-order valence-electron chi connectivity index (χ1n) is 5.52. The number of carbonyl (C=O) groups is 2. The molecule has 20 heavy (non-hydrogen) atoms. The third-order valence-corrected chi connectivity index (χ3v) is 2.15. The van der Waals surface area contributed by atoms with Crippen LogP contribution >= 0.6 is 0 Å². The summed E-state index contributed by atoms with van der Waals surface area (Å²) in [4.78, 5) is 32.3. The molecule has 0 bridgehead atoms. The van der Waals surface area contributed by atoms with Crippen LogP contribution in [0.1, 0.15) is 13.3 Å². The van der Waals surface area contributed by atoms with Crippen molar-refractivity contribution in [2.45, 2.75) is 13.3 Å². The van der Waals surface area contributed by atoms with Gasteiger partial charge in [0.15, 0.2) is 0 Å². The fourth-order valence-corrected chi connectivity index (χ4v) is 1.36. The highest BCUT2D eigenvalue weighted by molar-refractivity contribution is 6.06. The Morgan fingerprint density at radius 1 is 1.40 bits per heavy atom. The number of nitro benzene ring substituents is 1. The quantitative estimate of drug-likeness (QED) is 0.419. The number of hydrogen-bond acceptors (Lipinski definition) is 5. The summed E-state index contributed by atoms with van der Waals surface area (Å²) in [7, 11) is 0. The number of hydrogen-bond donors (Lipinski definition) is 3. The topological polar surface area (TPSA) is 140 Å². The van der Waals surface area contributed by atoms with Crippen molar-refractivity contribution in [3.63, 3.8) is 0 Å². The van der Waals surface area contributed by atoms with Gasteiger partial charge in [0.05, 0.1) is 11.3 Å². The molecule has 1 aromatic rings. The van der Waals surface area contributed by atoms with Gasteiger partial charge in [-0.25, -0.2) is 10.2 Å². The molecule has 9 heteroatoms. The number of benzene rings is 1. The lowest BCUT2D eigenvalue weighted by molar-refractivity contribution is -0.383. The van der Waals surface area contributed by atoms with Crippen LogP contribution in [0.3, 0.4) is 0 Å². The first-order chi connectivity index (χ1) is 9.40. The van der Waals surface area contributed by atoms with Crippen LogP contribution < -0.4 is 16.5 Å². The van der Waals surface area contributed by atoms with Crippen LogP contribution in [0.5, 0.6) is 0 Å². The number of nitro groups is 1. The van der Waals surface area contributed by atoms with Crippen molar-refractivity contribution in [3.8, 4) is 0 Å². The van der Waals surface area contributed by atoms with Crippen molar-refractivity contribution in [1.29, 1.82) is 0 Å². The number of nitrogens with two attached hydrogens (primary N) is 1. The molecule has 4 N–H and O–H groups in total. The Morgan fingerprint density at radius 2 is 2.05 bits per heavy atom. The van der Waals surface area contributed by atoms with Crippen molar-refractivity contribution >= 4 is 29.0 Å². The van der Waals surface area contributed by atoms with Gasteiger partial charge in [0.1, 0.15) is 5.69 Å². The van der Waals surface area contributed by atoms with Gasteiger partial charge < -0.3 is 11.1 Å². The van der Waals surface area contributed by atoms with E-state index in [1.807, 2.05) is 5.43 Å². The van der Waals surface area contributed by atoms with Crippen LogP contribution in [0.25, 0.3) is 0 Å². The second kappa shape index (κ2) is 6.83. The molecule has 0 atom stereocenters. The average molecular weight is 279 g/mol. The number of rotatable bonds is 5. The molecule has 0 heterocycles. The number of amides is 3. The zero-order chi connectivity index (χ0) is 15.1. The summed E-state index contributed by atoms with van der Waals surface area (Å²) in [5.41, 5.74) is 7.00. The summed E-state index contributed by atoms with van der Waals surface area (Å²) in [6.45, 7) is 1.51. The van der Waals surface area contributed by atoms with Crippen molar-refractivity contribution in [2.75, 3.05) is 5.32 Å². The molecule has 0 saturated carbocycles. The molecule has 0 radical (unpaired) electrons. The monoisotopic (exact) mass is 279 g/mol. The highest BCUT2D eigenvalue weighted by Crippen LogP contribution is 2.23. The summed E-state index contributed by atoms with van der Waals surface area (Å²) in [5.74, 6) is -0.494. The summed E-state index contributed by atoms with van der Waals surface area (Å²) in [6.07, 6.45) is -0.133. The maximum atomic E-state index is 11.7. The van der Waals surface area contributed by atoms with Crippen LogP contribution in [-0.2, 0) is 4.79 Å². The normalized spacial score (nSPS) is 10.8. The van der Waals surface area contributed by atoms with Crippen molar-refractivity contribution in [1.82, 2.24) is 5.43 Å². The van der Waals surface area contributed by atoms with Gasteiger partial charge >= 0.3 is 6.03 Å². The molecule has 0 aliphatic heterocycles. The van der Waals surface area contributed by atoms with Gasteiger partial charge in [0, 0.05) is 11.8 Å². The molecule has 0 unspecified atom stereocenters. The Kier molecular flexibility index (Phi) is 5.15. The van der Waals surface area contributed by atoms with E-state index >= 15 is 0 Å². The zero-order valence-corrected chi connectivity index (χ0v) is 10.6. The molecule has 0 aliphatic rings. The van der Waals surface area contributed by atoms with E-state index in [4.69, 9.17) is 5.73 Å². The molecule has 0 fully saturated rings. The van der Waals surface area contributed by atoms with E-state index in [1.165, 1.54) is 25.1 Å². The first-order valence-corrected chi connectivity index (χ1v) is 5.52. The predicted molar refractivity (Wildman–Crippen MR) is 72.2 cm³/mol. The Balaban J connectivity index is 2.70. The third kappa shape index (κ3) is 4.72. The Labute approximate surface area is 114 Å². The number of urea groups is 1. The smallest absolute Gasteiger partial charge is 0.332 e. The van der Waals surface area contributed by atoms with E-state index in [0.29, 0.717) is 5.71 Å². The second-order valence-electron chi connectivity index (χ2n) is 3.82. The maximum absolute atomic E-state index is 11.7. The van der Waals surface area contributed by atoms with Crippen molar-refractivity contribution in [2.24, 2.45) is 10.8 Å². The number of carbonyl (C=O) groups excluding carboxylic acids is 2. The van der Waals surface area contributed by atoms with E-state index in [0.717, 1.165) is 0 Å². The maximum Gasteiger partial charge on any atom is 0.332 e. The number of anilines is 1. The first kappa shape index (κ1) is 15.1. The van der Waals surface area contributed by atoms with E-state index < -0.39 is 16.9 Å². The summed E-state index contributed by atoms with van der Waals surface area (Å²) in [5, 5.41) is 16.7. The van der Waals surface area contributed by atoms with E-state index in [9.17, 15) is 19.7 Å². The van der Waals surface area contributed by atoms with Crippen LogP contribution in [0, 0.1) is 10.1 Å². The Hall–Kier alpha value is -2.97. The number of nitrogens with one attached hydrogen (secondary N) is 2. The minimum atomic E-state index is -0.844. The van der Waals surface area contributed by atoms with E-state index in [-0.39, 0.29) is 17.8 Å². The number of hydrazone groups is 1. The molecule has 106 valence electrons. The molecule has 1 aromatic carbocycles. The fourth-order valence-electron chi connectivity index (χ4n) is 1.36. The minimum Gasteiger partial charge on any atom is -0.350 e. The SMILES string of the molecule is C/C(CC(=O)Nc1ccccc1[N+](=O)[O-])=N\NC(N)=O. The number of primary amides is 1. The molecular weight excluding hydrogens is 266 g/mol. The highest BCUT2D eigenvalue weighted by atomic mass is 16.6. The molecule has 0 saturated heterocycles. The van der Waals surface area contributed by atoms with Gasteiger partial charge in [-0.2, -0.15) is 5.10 Å². The van der Waals surface area contributed by atoms with Crippen molar-refractivity contribution < 1.29 is 14.5 Å². The summed E-state index contributed by atoms with van der Waals surface area (Å²) < 4.78 is 0. The Bertz CT molecular complexity index is 570. The standard InChI is InChI=1S/C11H13N5O4/c1-7(14-15-11(12)18)6-10(17)13-8-4-2-3-5-9(8)16(19)20/h2-5H,6H2,1H3,(H,13,17)(H3,12,15,18)/b14-7+. The van der Waals surface area contributed by atoms with Gasteiger partial charge in [-0.15, -0.1) is 0 Å². The lowest BCUT2D eigenvalue weighted by Crippen LogP contribution is -2.26. The lowest BCUT2D eigenvalue weighted by Gasteiger charge is -2.05. The largest absolute Gasteiger partial charge is 0.350 e. The van der Waals surface area contributed by atoms with Gasteiger partial charge in [0.2, 0.25) is 5.91 Å². The van der Waals surface area contributed by atoms with Crippen LogP contribution in [0.2, 0.25) is 0 Å². The molecule has 1 rings (SSSR count). The third-order valence-electron chi connectivity index (χ3n) is 2.15. The van der Waals surface area contributed by atoms with E-state index in [2.05, 4.69) is 10.4 Å². The van der Waals surface area contributed by atoms with Crippen molar-refractivity contribution in [3.05, 3.63) is 34.4 Å². The fraction of sp³-hybridized carbons (Fsp3) is 0.182. The lowest BCUT2D eigenvalue weighted by atomic mass is 10.2. The van der Waals surface area contributed by atoms with E-state index in [1.54, 1.807) is 6.07 Å². The van der Waals surface area contributed by atoms with Crippen LogP contribution in [0.4, 0.5) is 16.2 Å². The molecule has 0 aliphatic carbocycles. The number of para-hydroxylation sites is 2. The minimum absolute atomic E-state index is 0.0955. The van der Waals surface area contributed by atoms with Gasteiger partial charge in [-0.05, 0) is 13.0 Å². The zero-order valence-electron chi connectivity index (χ0n) is 10.6. The predicted octanol–water partition coefficient (Wildman–Crippen LogP) is 0.968. The van der Waals surface area contributed by atoms with Gasteiger partial charge in [0.25, 0.3) is 5.69 Å². The molecule has 0 aromatic heterocycles. The molecule has 0 spiro atoms. The summed E-state index contributed by atoms with van der Waals surface area (Å²) in [6, 6.07) is 4.92. The van der Waals surface area contributed by atoms with Crippen LogP contribution in [-0.4, -0.2) is 22.6 Å². The van der Waals surface area contributed by atoms with Crippen LogP contribution in [0.15, 0.2) is 29.4 Å². The van der Waals surface area contributed by atoms with Gasteiger partial charge in [-0.3, -0.25) is 14.9 Å². The second-order valence-corrected chi connectivity index (χ2v) is 3.82. The highest BCUT2D eigenvalue weighted by Gasteiger charge is 2.15. The molecule has 3 amide bonds. The molecular formula is C11H13N5O4.